The summed E-state index contributed by atoms with van der Waals surface area (Å²) in [5.74, 6) is 1.43. The van der Waals surface area contributed by atoms with Crippen molar-refractivity contribution >= 4 is 112 Å². The molecular formula is C84H58N8. The molecule has 0 radical (unpaired) electrons. The summed E-state index contributed by atoms with van der Waals surface area (Å²) >= 11 is 0. The van der Waals surface area contributed by atoms with Crippen molar-refractivity contribution in [2.45, 2.75) is 0 Å². The zero-order chi connectivity index (χ0) is 61.3. The SMILES string of the molecule is N#Cc1cccc(-c2cc(-n3c4ccc(N(c5ccccc5)c5ccccc5)cc4c4cc(N(c5ccccc5)c5ccccc5)ccc43)nc(-n3c4ccc(N(c5ccccc5)c5ccccc5)cc4c4cc(N(c5ccccc5)c5ccccc5)ccc43)c2)c1. The van der Waals surface area contributed by atoms with E-state index >= 15 is 0 Å². The molecule has 0 saturated carbocycles. The smallest absolute Gasteiger partial charge is 0.140 e. The molecule has 3 aromatic heterocycles. The first-order chi connectivity index (χ1) is 45.6. The molecule has 0 bridgehead atoms. The fraction of sp³-hybridized carbons (Fsp3) is 0. The van der Waals surface area contributed by atoms with E-state index in [4.69, 9.17) is 4.98 Å². The third kappa shape index (κ3) is 10.1. The van der Waals surface area contributed by atoms with Gasteiger partial charge >= 0.3 is 0 Å². The monoisotopic (exact) mass is 1180 g/mol. The Hall–Kier alpha value is -12.7. The van der Waals surface area contributed by atoms with Crippen LogP contribution in [0.15, 0.2) is 352 Å². The second-order valence-electron chi connectivity index (χ2n) is 22.8. The van der Waals surface area contributed by atoms with Crippen LogP contribution in [0.1, 0.15) is 5.56 Å². The first kappa shape index (κ1) is 54.7. The fourth-order valence-electron chi connectivity index (χ4n) is 13.1. The molecule has 0 fully saturated rings. The van der Waals surface area contributed by atoms with Crippen molar-refractivity contribution in [2.24, 2.45) is 0 Å². The molecule has 3 heterocycles. The fourth-order valence-corrected chi connectivity index (χ4v) is 13.1. The van der Waals surface area contributed by atoms with Crippen LogP contribution >= 0.6 is 0 Å². The molecule has 434 valence electrons. The third-order valence-electron chi connectivity index (χ3n) is 17.2. The van der Waals surface area contributed by atoms with Crippen LogP contribution in [-0.2, 0) is 0 Å². The molecule has 16 aromatic rings. The summed E-state index contributed by atoms with van der Waals surface area (Å²) < 4.78 is 4.65. The normalized spacial score (nSPS) is 11.2. The van der Waals surface area contributed by atoms with Crippen LogP contribution in [-0.4, -0.2) is 14.1 Å². The average Bonchev–Trinajstić information content (AvgIpc) is 1.62. The van der Waals surface area contributed by atoms with Crippen molar-refractivity contribution in [3.05, 3.63) is 357 Å². The van der Waals surface area contributed by atoms with Gasteiger partial charge in [0.05, 0.1) is 33.7 Å². The first-order valence-corrected chi connectivity index (χ1v) is 30.9. The van der Waals surface area contributed by atoms with E-state index in [1.807, 2.05) is 18.2 Å². The number of hydrogen-bond donors (Lipinski definition) is 0. The van der Waals surface area contributed by atoms with Crippen LogP contribution in [0.25, 0.3) is 66.4 Å². The van der Waals surface area contributed by atoms with Crippen LogP contribution in [0.3, 0.4) is 0 Å². The topological polar surface area (TPSA) is 59.5 Å². The maximum Gasteiger partial charge on any atom is 0.140 e. The van der Waals surface area contributed by atoms with E-state index in [9.17, 15) is 5.26 Å². The van der Waals surface area contributed by atoms with Gasteiger partial charge in [-0.3, -0.25) is 9.13 Å². The Labute approximate surface area is 534 Å². The van der Waals surface area contributed by atoms with Gasteiger partial charge < -0.3 is 19.6 Å². The summed E-state index contributed by atoms with van der Waals surface area (Å²) in [5.41, 5.74) is 18.7. The second kappa shape index (κ2) is 23.8. The number of pyridine rings is 1. The summed E-state index contributed by atoms with van der Waals surface area (Å²) in [7, 11) is 0. The Kier molecular flexibility index (Phi) is 14.1. The standard InChI is InChI=1S/C84H58N8/c85-59-60-26-25-27-61(52-60)62-53-83(91-79-48-44-71(87(63-28-9-1-10-29-63)64-30-11-2-12-31-64)55-75(79)76-56-72(45-49-80(76)91)88(65-32-13-3-14-33-65)66-34-15-4-16-35-66)86-84(54-62)92-81-50-46-73(89(67-36-17-5-18-37-67)68-38-19-6-20-39-68)57-77(81)78-58-74(47-51-82(78)92)90(69-40-21-7-22-41-69)70-42-23-8-24-43-70/h1-58H. The van der Waals surface area contributed by atoms with Crippen LogP contribution in [0.5, 0.6) is 0 Å². The molecule has 0 aliphatic carbocycles. The number of benzene rings is 13. The number of aromatic nitrogens is 3. The highest BCUT2D eigenvalue weighted by atomic mass is 15.2. The van der Waals surface area contributed by atoms with Crippen molar-refractivity contribution in [1.82, 2.24) is 14.1 Å². The van der Waals surface area contributed by atoms with Gasteiger partial charge in [-0.05, 0) is 205 Å². The quantitative estimate of drug-likeness (QED) is 0.102. The van der Waals surface area contributed by atoms with Gasteiger partial charge in [-0.1, -0.05) is 158 Å². The van der Waals surface area contributed by atoms with Gasteiger partial charge in [0.15, 0.2) is 0 Å². The van der Waals surface area contributed by atoms with Gasteiger partial charge in [0.25, 0.3) is 0 Å². The number of rotatable bonds is 15. The van der Waals surface area contributed by atoms with Gasteiger partial charge in [0.2, 0.25) is 0 Å². The minimum Gasteiger partial charge on any atom is -0.310 e. The molecule has 0 aliphatic rings. The summed E-state index contributed by atoms with van der Waals surface area (Å²) in [5, 5.41) is 14.6. The van der Waals surface area contributed by atoms with Crippen molar-refractivity contribution in [3.8, 4) is 28.8 Å². The number of nitrogens with zero attached hydrogens (tertiary/aromatic N) is 8. The minimum absolute atomic E-state index is 0.571. The highest BCUT2D eigenvalue weighted by Crippen LogP contribution is 2.46. The minimum atomic E-state index is 0.571. The van der Waals surface area contributed by atoms with Crippen molar-refractivity contribution < 1.29 is 0 Å². The molecule has 13 aromatic carbocycles. The van der Waals surface area contributed by atoms with Crippen molar-refractivity contribution in [1.29, 1.82) is 5.26 Å². The lowest BCUT2D eigenvalue weighted by Gasteiger charge is -2.26. The van der Waals surface area contributed by atoms with E-state index < -0.39 is 0 Å². The Bertz CT molecular complexity index is 4600. The molecule has 0 saturated heterocycles. The van der Waals surface area contributed by atoms with Gasteiger partial charge in [-0.15, -0.1) is 0 Å². The molecular weight excluding hydrogens is 1120 g/mol. The van der Waals surface area contributed by atoms with E-state index in [1.54, 1.807) is 0 Å². The molecule has 8 nitrogen and oxygen atoms in total. The Balaban J connectivity index is 0.972. The molecule has 0 N–H and O–H groups in total. The van der Waals surface area contributed by atoms with Gasteiger partial charge in [0.1, 0.15) is 11.6 Å². The molecule has 0 amide bonds. The predicted molar refractivity (Wildman–Crippen MR) is 382 cm³/mol. The van der Waals surface area contributed by atoms with Gasteiger partial charge in [-0.25, -0.2) is 4.98 Å². The molecule has 0 atom stereocenters. The van der Waals surface area contributed by atoms with Gasteiger partial charge in [-0.2, -0.15) is 5.26 Å². The number of fused-ring (bicyclic) bond motifs is 6. The summed E-state index contributed by atoms with van der Waals surface area (Å²) in [6.07, 6.45) is 0. The van der Waals surface area contributed by atoms with Crippen molar-refractivity contribution in [2.75, 3.05) is 19.6 Å². The number of anilines is 12. The van der Waals surface area contributed by atoms with Crippen LogP contribution in [0, 0.1) is 11.3 Å². The molecule has 16 rings (SSSR count). The zero-order valence-corrected chi connectivity index (χ0v) is 50.1. The number of para-hydroxylation sites is 8. The van der Waals surface area contributed by atoms with E-state index in [-0.39, 0.29) is 0 Å². The summed E-state index contributed by atoms with van der Waals surface area (Å²) in [6, 6.07) is 127. The maximum absolute atomic E-state index is 10.4. The number of nitriles is 1. The Morgan fingerprint density at radius 1 is 0.228 bits per heavy atom. The third-order valence-corrected chi connectivity index (χ3v) is 17.2. The van der Waals surface area contributed by atoms with E-state index in [0.717, 1.165) is 123 Å². The second-order valence-corrected chi connectivity index (χ2v) is 22.8. The maximum atomic E-state index is 10.4. The molecule has 0 unspecified atom stereocenters. The lowest BCUT2D eigenvalue weighted by molar-refractivity contribution is 1.01. The van der Waals surface area contributed by atoms with Crippen molar-refractivity contribution in [3.63, 3.8) is 0 Å². The average molecular weight is 1180 g/mol. The van der Waals surface area contributed by atoms with Crippen LogP contribution in [0.4, 0.5) is 68.2 Å². The van der Waals surface area contributed by atoms with Crippen LogP contribution in [0.2, 0.25) is 0 Å². The van der Waals surface area contributed by atoms with E-state index in [2.05, 4.69) is 368 Å². The molecule has 0 aliphatic heterocycles. The van der Waals surface area contributed by atoms with Crippen LogP contribution < -0.4 is 19.6 Å². The Morgan fingerprint density at radius 2 is 0.478 bits per heavy atom. The van der Waals surface area contributed by atoms with E-state index in [1.165, 1.54) is 0 Å². The van der Waals surface area contributed by atoms with E-state index in [0.29, 0.717) is 17.2 Å². The van der Waals surface area contributed by atoms with Gasteiger partial charge in [0, 0.05) is 89.8 Å². The lowest BCUT2D eigenvalue weighted by atomic mass is 10.0. The summed E-state index contributed by atoms with van der Waals surface area (Å²) in [4.78, 5) is 15.2. The lowest BCUT2D eigenvalue weighted by Crippen LogP contribution is -2.09. The largest absolute Gasteiger partial charge is 0.310 e. The highest BCUT2D eigenvalue weighted by molar-refractivity contribution is 6.14. The zero-order valence-electron chi connectivity index (χ0n) is 50.1. The molecule has 0 spiro atoms. The predicted octanol–water partition coefficient (Wildman–Crippen LogP) is 22.7. The number of hydrogen-bond acceptors (Lipinski definition) is 6. The first-order valence-electron chi connectivity index (χ1n) is 30.9. The highest BCUT2D eigenvalue weighted by Gasteiger charge is 2.25. The molecule has 92 heavy (non-hydrogen) atoms. The Morgan fingerprint density at radius 3 is 0.717 bits per heavy atom. The molecule has 8 heteroatoms. The summed E-state index contributed by atoms with van der Waals surface area (Å²) in [6.45, 7) is 0.